The van der Waals surface area contributed by atoms with Crippen molar-refractivity contribution >= 4 is 11.9 Å². The second-order valence-corrected chi connectivity index (χ2v) is 3.26. The van der Waals surface area contributed by atoms with Crippen molar-refractivity contribution < 1.29 is 19.5 Å². The fraction of sp³-hybridized carbons (Fsp3) is 0.273. The first kappa shape index (κ1) is 12.2. The van der Waals surface area contributed by atoms with Gasteiger partial charge in [-0.25, -0.2) is 5.48 Å². The number of esters is 1. The molecule has 0 spiro atoms. The Morgan fingerprint density at radius 3 is 2.50 bits per heavy atom. The van der Waals surface area contributed by atoms with E-state index in [1.54, 1.807) is 12.1 Å². The van der Waals surface area contributed by atoms with Crippen molar-refractivity contribution in [3.8, 4) is 0 Å². The van der Waals surface area contributed by atoms with E-state index in [-0.39, 0.29) is 6.42 Å². The molecule has 2 N–H and O–H groups in total. The fourth-order valence-electron chi connectivity index (χ4n) is 1.29. The fourth-order valence-corrected chi connectivity index (χ4v) is 1.29. The van der Waals surface area contributed by atoms with Crippen LogP contribution in [0.1, 0.15) is 12.5 Å². The SMILES string of the molecule is CC(=O)OC(Cc1ccccc1)C(=O)NO. The monoisotopic (exact) mass is 223 g/mol. The van der Waals surface area contributed by atoms with Gasteiger partial charge in [0.2, 0.25) is 0 Å². The third-order valence-corrected chi connectivity index (χ3v) is 1.97. The summed E-state index contributed by atoms with van der Waals surface area (Å²) in [6.07, 6.45) is -0.780. The molecule has 5 nitrogen and oxygen atoms in total. The Morgan fingerprint density at radius 2 is 2.00 bits per heavy atom. The number of hydrogen-bond donors (Lipinski definition) is 2. The molecule has 0 aliphatic carbocycles. The highest BCUT2D eigenvalue weighted by Crippen LogP contribution is 2.06. The summed E-state index contributed by atoms with van der Waals surface area (Å²) >= 11 is 0. The van der Waals surface area contributed by atoms with E-state index >= 15 is 0 Å². The number of hydrogen-bond acceptors (Lipinski definition) is 4. The van der Waals surface area contributed by atoms with Gasteiger partial charge in [-0.05, 0) is 5.56 Å². The van der Waals surface area contributed by atoms with Gasteiger partial charge < -0.3 is 4.74 Å². The summed E-state index contributed by atoms with van der Waals surface area (Å²) in [5.74, 6) is -1.30. The molecule has 0 saturated heterocycles. The van der Waals surface area contributed by atoms with E-state index in [9.17, 15) is 9.59 Å². The summed E-state index contributed by atoms with van der Waals surface area (Å²) in [6, 6.07) is 9.09. The van der Waals surface area contributed by atoms with Gasteiger partial charge in [0, 0.05) is 13.3 Å². The van der Waals surface area contributed by atoms with Crippen molar-refractivity contribution in [3.05, 3.63) is 35.9 Å². The third-order valence-electron chi connectivity index (χ3n) is 1.97. The van der Waals surface area contributed by atoms with Gasteiger partial charge >= 0.3 is 5.97 Å². The van der Waals surface area contributed by atoms with Crippen molar-refractivity contribution in [2.45, 2.75) is 19.4 Å². The quantitative estimate of drug-likeness (QED) is 0.447. The summed E-state index contributed by atoms with van der Waals surface area (Å²) in [5.41, 5.74) is 2.32. The third kappa shape index (κ3) is 3.70. The Hall–Kier alpha value is -1.88. The Labute approximate surface area is 93.0 Å². The van der Waals surface area contributed by atoms with Crippen LogP contribution in [0.15, 0.2) is 30.3 Å². The number of nitrogens with one attached hydrogen (secondary N) is 1. The number of hydroxylamine groups is 1. The Morgan fingerprint density at radius 1 is 1.38 bits per heavy atom. The molecule has 1 rings (SSSR count). The normalized spacial score (nSPS) is 11.6. The van der Waals surface area contributed by atoms with E-state index in [2.05, 4.69) is 0 Å². The average molecular weight is 223 g/mol. The van der Waals surface area contributed by atoms with Crippen LogP contribution in [0.2, 0.25) is 0 Å². The van der Waals surface area contributed by atoms with Crippen molar-refractivity contribution in [1.29, 1.82) is 0 Å². The van der Waals surface area contributed by atoms with Crippen LogP contribution in [0.25, 0.3) is 0 Å². The predicted octanol–water partition coefficient (Wildman–Crippen LogP) is 0.666. The van der Waals surface area contributed by atoms with E-state index in [0.717, 1.165) is 5.56 Å². The molecule has 0 bridgehead atoms. The van der Waals surface area contributed by atoms with Crippen molar-refractivity contribution in [2.24, 2.45) is 0 Å². The minimum Gasteiger partial charge on any atom is -0.452 e. The van der Waals surface area contributed by atoms with Crippen LogP contribution in [-0.2, 0) is 20.7 Å². The van der Waals surface area contributed by atoms with Gasteiger partial charge in [-0.1, -0.05) is 30.3 Å². The van der Waals surface area contributed by atoms with Crippen molar-refractivity contribution in [3.63, 3.8) is 0 Å². The lowest BCUT2D eigenvalue weighted by Gasteiger charge is -2.14. The zero-order valence-corrected chi connectivity index (χ0v) is 8.84. The van der Waals surface area contributed by atoms with E-state index in [0.29, 0.717) is 0 Å². The largest absolute Gasteiger partial charge is 0.452 e. The molecular weight excluding hydrogens is 210 g/mol. The van der Waals surface area contributed by atoms with Gasteiger partial charge in [-0.2, -0.15) is 0 Å². The molecule has 0 aliphatic rings. The van der Waals surface area contributed by atoms with Gasteiger partial charge in [-0.3, -0.25) is 14.8 Å². The lowest BCUT2D eigenvalue weighted by molar-refractivity contribution is -0.157. The molecule has 1 unspecified atom stereocenters. The van der Waals surface area contributed by atoms with E-state index < -0.39 is 18.0 Å². The van der Waals surface area contributed by atoms with Gasteiger partial charge in [0.25, 0.3) is 5.91 Å². The molecular formula is C11H13NO4. The minimum absolute atomic E-state index is 0.229. The average Bonchev–Trinajstić information content (AvgIpc) is 2.28. The van der Waals surface area contributed by atoms with Crippen LogP contribution in [0.4, 0.5) is 0 Å². The molecule has 0 aromatic heterocycles. The zero-order chi connectivity index (χ0) is 12.0. The van der Waals surface area contributed by atoms with Crippen LogP contribution < -0.4 is 5.48 Å². The van der Waals surface area contributed by atoms with Crippen LogP contribution >= 0.6 is 0 Å². The summed E-state index contributed by atoms with van der Waals surface area (Å²) in [7, 11) is 0. The summed E-state index contributed by atoms with van der Waals surface area (Å²) in [5, 5.41) is 8.51. The first-order valence-electron chi connectivity index (χ1n) is 4.78. The molecule has 1 aromatic carbocycles. The van der Waals surface area contributed by atoms with Crippen LogP contribution in [0.5, 0.6) is 0 Å². The zero-order valence-electron chi connectivity index (χ0n) is 8.84. The smallest absolute Gasteiger partial charge is 0.303 e. The van der Waals surface area contributed by atoms with Crippen molar-refractivity contribution in [2.75, 3.05) is 0 Å². The second-order valence-electron chi connectivity index (χ2n) is 3.26. The Bertz CT molecular complexity index is 364. The number of rotatable bonds is 4. The standard InChI is InChI=1S/C11H13NO4/c1-8(13)16-10(11(14)12-15)7-9-5-3-2-4-6-9/h2-6,10,15H,7H2,1H3,(H,12,14). The van der Waals surface area contributed by atoms with E-state index in [1.807, 2.05) is 18.2 Å². The highest BCUT2D eigenvalue weighted by Gasteiger charge is 2.21. The molecule has 16 heavy (non-hydrogen) atoms. The Balaban J connectivity index is 2.70. The number of amides is 1. The minimum atomic E-state index is -1.01. The second kappa shape index (κ2) is 5.87. The van der Waals surface area contributed by atoms with Crippen LogP contribution in [0.3, 0.4) is 0 Å². The van der Waals surface area contributed by atoms with Crippen LogP contribution in [0, 0.1) is 0 Å². The predicted molar refractivity (Wildman–Crippen MR) is 55.6 cm³/mol. The van der Waals surface area contributed by atoms with Gasteiger partial charge in [-0.15, -0.1) is 0 Å². The summed E-state index contributed by atoms with van der Waals surface area (Å²) in [4.78, 5) is 22.0. The maximum absolute atomic E-state index is 11.2. The topological polar surface area (TPSA) is 75.6 Å². The molecule has 1 amide bonds. The molecule has 0 radical (unpaired) electrons. The molecule has 5 heteroatoms. The van der Waals surface area contributed by atoms with E-state index in [4.69, 9.17) is 9.94 Å². The highest BCUT2D eigenvalue weighted by molar-refractivity contribution is 5.82. The highest BCUT2D eigenvalue weighted by atomic mass is 16.6. The molecule has 86 valence electrons. The summed E-state index contributed by atoms with van der Waals surface area (Å²) in [6.45, 7) is 1.21. The maximum Gasteiger partial charge on any atom is 0.303 e. The number of carbonyl (C=O) groups is 2. The lowest BCUT2D eigenvalue weighted by Crippen LogP contribution is -2.37. The lowest BCUT2D eigenvalue weighted by atomic mass is 10.1. The molecule has 0 saturated carbocycles. The maximum atomic E-state index is 11.2. The first-order chi connectivity index (χ1) is 7.63. The van der Waals surface area contributed by atoms with Crippen LogP contribution in [-0.4, -0.2) is 23.2 Å². The molecule has 0 heterocycles. The van der Waals surface area contributed by atoms with E-state index in [1.165, 1.54) is 12.4 Å². The number of ether oxygens (including phenoxy) is 1. The Kier molecular flexibility index (Phi) is 4.47. The number of carbonyl (C=O) groups excluding carboxylic acids is 2. The van der Waals surface area contributed by atoms with Gasteiger partial charge in [0.05, 0.1) is 0 Å². The number of benzene rings is 1. The summed E-state index contributed by atoms with van der Waals surface area (Å²) < 4.78 is 4.80. The van der Waals surface area contributed by atoms with Crippen molar-refractivity contribution in [1.82, 2.24) is 5.48 Å². The van der Waals surface area contributed by atoms with Gasteiger partial charge in [0.15, 0.2) is 6.10 Å². The van der Waals surface area contributed by atoms with Gasteiger partial charge in [0.1, 0.15) is 0 Å². The molecule has 0 fully saturated rings. The first-order valence-corrected chi connectivity index (χ1v) is 4.78. The molecule has 1 atom stereocenters. The molecule has 0 aliphatic heterocycles. The molecule has 1 aromatic rings.